The van der Waals surface area contributed by atoms with Gasteiger partial charge in [0.1, 0.15) is 5.82 Å². The fourth-order valence-electron chi connectivity index (χ4n) is 1.97. The normalized spacial score (nSPS) is 15.4. The second-order valence-electron chi connectivity index (χ2n) is 4.64. The molecule has 1 fully saturated rings. The van der Waals surface area contributed by atoms with E-state index < -0.39 is 0 Å². The molecule has 1 aliphatic carbocycles. The molecule has 3 rings (SSSR count). The van der Waals surface area contributed by atoms with Gasteiger partial charge in [-0.3, -0.25) is 0 Å². The van der Waals surface area contributed by atoms with Crippen LogP contribution in [-0.4, -0.2) is 11.5 Å². The summed E-state index contributed by atoms with van der Waals surface area (Å²) in [5, 5.41) is 4.23. The molecule has 0 amide bonds. The zero-order valence-corrected chi connectivity index (χ0v) is 10.4. The Morgan fingerprint density at radius 2 is 2.29 bits per heavy atom. The van der Waals surface area contributed by atoms with Crippen molar-refractivity contribution < 1.29 is 4.39 Å². The Labute approximate surface area is 104 Å². The van der Waals surface area contributed by atoms with Gasteiger partial charge in [-0.05, 0) is 37.0 Å². The molecule has 2 aromatic rings. The molecule has 1 N–H and O–H groups in total. The van der Waals surface area contributed by atoms with E-state index in [0.717, 1.165) is 27.8 Å². The van der Waals surface area contributed by atoms with Crippen LogP contribution in [0.4, 0.5) is 9.52 Å². The predicted octanol–water partition coefficient (Wildman–Crippen LogP) is 4.04. The van der Waals surface area contributed by atoms with Crippen LogP contribution in [0.1, 0.15) is 25.7 Å². The van der Waals surface area contributed by atoms with Crippen molar-refractivity contribution in [1.82, 2.24) is 4.98 Å². The standard InChI is InChI=1S/C13H15FN2S/c14-10-5-6-11-12(8-10)17-13(16-11)15-7-1-2-9-3-4-9/h5-6,8-9H,1-4,7H2,(H,15,16). The van der Waals surface area contributed by atoms with Crippen molar-refractivity contribution in [3.63, 3.8) is 0 Å². The van der Waals surface area contributed by atoms with Gasteiger partial charge < -0.3 is 5.32 Å². The lowest BCUT2D eigenvalue weighted by molar-refractivity contribution is 0.630. The smallest absolute Gasteiger partial charge is 0.183 e. The maximum absolute atomic E-state index is 13.0. The van der Waals surface area contributed by atoms with Crippen LogP contribution in [-0.2, 0) is 0 Å². The maximum atomic E-state index is 13.0. The van der Waals surface area contributed by atoms with Crippen LogP contribution in [0.15, 0.2) is 18.2 Å². The van der Waals surface area contributed by atoms with E-state index in [4.69, 9.17) is 0 Å². The minimum atomic E-state index is -0.193. The molecule has 0 unspecified atom stereocenters. The quantitative estimate of drug-likeness (QED) is 0.810. The fourth-order valence-corrected chi connectivity index (χ4v) is 2.88. The molecule has 0 saturated heterocycles. The topological polar surface area (TPSA) is 24.9 Å². The molecule has 0 bridgehead atoms. The van der Waals surface area contributed by atoms with Gasteiger partial charge in [0.15, 0.2) is 5.13 Å². The van der Waals surface area contributed by atoms with Gasteiger partial charge in [0.2, 0.25) is 0 Å². The molecular weight excluding hydrogens is 235 g/mol. The molecule has 0 radical (unpaired) electrons. The number of aromatic nitrogens is 1. The molecule has 2 nitrogen and oxygen atoms in total. The maximum Gasteiger partial charge on any atom is 0.183 e. The monoisotopic (exact) mass is 250 g/mol. The van der Waals surface area contributed by atoms with Crippen LogP contribution >= 0.6 is 11.3 Å². The zero-order valence-electron chi connectivity index (χ0n) is 9.58. The lowest BCUT2D eigenvalue weighted by Gasteiger charge is -2.00. The van der Waals surface area contributed by atoms with Crippen molar-refractivity contribution in [2.45, 2.75) is 25.7 Å². The van der Waals surface area contributed by atoms with Crippen molar-refractivity contribution in [3.05, 3.63) is 24.0 Å². The number of fused-ring (bicyclic) bond motifs is 1. The van der Waals surface area contributed by atoms with E-state index in [1.54, 1.807) is 12.1 Å². The summed E-state index contributed by atoms with van der Waals surface area (Å²) in [4.78, 5) is 4.43. The highest BCUT2D eigenvalue weighted by Gasteiger charge is 2.19. The van der Waals surface area contributed by atoms with E-state index in [0.29, 0.717) is 0 Å². The summed E-state index contributed by atoms with van der Waals surface area (Å²) >= 11 is 1.52. The van der Waals surface area contributed by atoms with Crippen LogP contribution < -0.4 is 5.32 Å². The van der Waals surface area contributed by atoms with Crippen LogP contribution in [0.3, 0.4) is 0 Å². The summed E-state index contributed by atoms with van der Waals surface area (Å²) < 4.78 is 13.9. The van der Waals surface area contributed by atoms with Gasteiger partial charge in [-0.1, -0.05) is 24.2 Å². The highest BCUT2D eigenvalue weighted by molar-refractivity contribution is 7.22. The number of hydrogen-bond donors (Lipinski definition) is 1. The first-order valence-corrected chi connectivity index (χ1v) is 6.93. The van der Waals surface area contributed by atoms with E-state index >= 15 is 0 Å². The zero-order chi connectivity index (χ0) is 11.7. The summed E-state index contributed by atoms with van der Waals surface area (Å²) in [6.45, 7) is 0.971. The fraction of sp³-hybridized carbons (Fsp3) is 0.462. The van der Waals surface area contributed by atoms with Gasteiger partial charge in [0.05, 0.1) is 10.2 Å². The Balaban J connectivity index is 1.60. The highest BCUT2D eigenvalue weighted by Crippen LogP contribution is 2.33. The molecule has 1 heterocycles. The van der Waals surface area contributed by atoms with Crippen molar-refractivity contribution in [2.24, 2.45) is 5.92 Å². The first-order chi connectivity index (χ1) is 8.31. The number of halogens is 1. The molecule has 1 saturated carbocycles. The molecule has 1 aliphatic rings. The number of thiazole rings is 1. The molecule has 4 heteroatoms. The molecule has 0 spiro atoms. The number of benzene rings is 1. The van der Waals surface area contributed by atoms with Crippen molar-refractivity contribution in [1.29, 1.82) is 0 Å². The molecule has 0 aliphatic heterocycles. The number of nitrogens with one attached hydrogen (secondary N) is 1. The van der Waals surface area contributed by atoms with Gasteiger partial charge >= 0.3 is 0 Å². The third kappa shape index (κ3) is 2.75. The van der Waals surface area contributed by atoms with E-state index in [9.17, 15) is 4.39 Å². The Kier molecular flexibility index (Phi) is 2.97. The minimum absolute atomic E-state index is 0.193. The van der Waals surface area contributed by atoms with Gasteiger partial charge in [-0.2, -0.15) is 0 Å². The SMILES string of the molecule is Fc1ccc2nc(NCCCC3CC3)sc2c1. The van der Waals surface area contributed by atoms with Crippen LogP contribution in [0.5, 0.6) is 0 Å². The third-order valence-electron chi connectivity index (χ3n) is 3.11. The van der Waals surface area contributed by atoms with Crippen molar-refractivity contribution in [2.75, 3.05) is 11.9 Å². The highest BCUT2D eigenvalue weighted by atomic mass is 32.1. The van der Waals surface area contributed by atoms with Gasteiger partial charge in [-0.15, -0.1) is 0 Å². The Morgan fingerprint density at radius 3 is 3.12 bits per heavy atom. The van der Waals surface area contributed by atoms with Crippen LogP contribution in [0.25, 0.3) is 10.2 Å². The second kappa shape index (κ2) is 4.61. The molecule has 1 aromatic heterocycles. The molecule has 0 atom stereocenters. The summed E-state index contributed by atoms with van der Waals surface area (Å²) in [6.07, 6.45) is 5.36. The lowest BCUT2D eigenvalue weighted by Crippen LogP contribution is -2.00. The first-order valence-electron chi connectivity index (χ1n) is 6.11. The van der Waals surface area contributed by atoms with E-state index in [-0.39, 0.29) is 5.82 Å². The molecule has 1 aromatic carbocycles. The summed E-state index contributed by atoms with van der Waals surface area (Å²) in [7, 11) is 0. The first kappa shape index (κ1) is 11.0. The number of nitrogens with zero attached hydrogens (tertiary/aromatic N) is 1. The number of rotatable bonds is 5. The summed E-state index contributed by atoms with van der Waals surface area (Å²) in [5.74, 6) is 0.794. The molecule has 90 valence electrons. The second-order valence-corrected chi connectivity index (χ2v) is 5.67. The average Bonchev–Trinajstić information content (AvgIpc) is 3.04. The van der Waals surface area contributed by atoms with Crippen LogP contribution in [0, 0.1) is 11.7 Å². The minimum Gasteiger partial charge on any atom is -0.361 e. The van der Waals surface area contributed by atoms with Crippen molar-refractivity contribution in [3.8, 4) is 0 Å². The Morgan fingerprint density at radius 1 is 1.41 bits per heavy atom. The molecular formula is C13H15FN2S. The molecule has 17 heavy (non-hydrogen) atoms. The van der Waals surface area contributed by atoms with E-state index in [1.165, 1.54) is 43.1 Å². The predicted molar refractivity (Wildman–Crippen MR) is 70.0 cm³/mol. The number of anilines is 1. The third-order valence-corrected chi connectivity index (χ3v) is 4.09. The van der Waals surface area contributed by atoms with E-state index in [2.05, 4.69) is 10.3 Å². The largest absolute Gasteiger partial charge is 0.361 e. The van der Waals surface area contributed by atoms with Gasteiger partial charge in [-0.25, -0.2) is 9.37 Å². The number of hydrogen-bond acceptors (Lipinski definition) is 3. The Hall–Kier alpha value is -1.16. The average molecular weight is 250 g/mol. The van der Waals surface area contributed by atoms with Crippen LogP contribution in [0.2, 0.25) is 0 Å². The Bertz CT molecular complexity index is 519. The van der Waals surface area contributed by atoms with E-state index in [1.807, 2.05) is 0 Å². The van der Waals surface area contributed by atoms with Crippen molar-refractivity contribution >= 4 is 26.7 Å². The summed E-state index contributed by atoms with van der Waals surface area (Å²) in [5.41, 5.74) is 0.876. The summed E-state index contributed by atoms with van der Waals surface area (Å²) in [6, 6.07) is 4.73. The van der Waals surface area contributed by atoms with Gasteiger partial charge in [0, 0.05) is 6.54 Å². The lowest BCUT2D eigenvalue weighted by atomic mass is 10.2. The van der Waals surface area contributed by atoms with Gasteiger partial charge in [0.25, 0.3) is 0 Å².